The molecule has 0 aliphatic carbocycles. The van der Waals surface area contributed by atoms with E-state index in [1.54, 1.807) is 4.90 Å². The van der Waals surface area contributed by atoms with E-state index in [-0.39, 0.29) is 29.2 Å². The number of hydrogen-bond donors (Lipinski definition) is 1. The van der Waals surface area contributed by atoms with Gasteiger partial charge in [-0.1, -0.05) is 11.6 Å². The molecule has 1 N–H and O–H groups in total. The summed E-state index contributed by atoms with van der Waals surface area (Å²) in [6.07, 6.45) is 2.42. The van der Waals surface area contributed by atoms with Crippen LogP contribution in [0.2, 0.25) is 5.02 Å². The van der Waals surface area contributed by atoms with Crippen LogP contribution >= 0.6 is 11.6 Å². The van der Waals surface area contributed by atoms with Gasteiger partial charge in [-0.3, -0.25) is 9.59 Å². The summed E-state index contributed by atoms with van der Waals surface area (Å²) in [7, 11) is 0. The predicted molar refractivity (Wildman–Crippen MR) is 109 cm³/mol. The van der Waals surface area contributed by atoms with E-state index >= 15 is 0 Å². The van der Waals surface area contributed by atoms with Crippen LogP contribution in [0, 0.1) is 5.82 Å². The molecular formula is C20H19ClF3N5O3. The van der Waals surface area contributed by atoms with Crippen molar-refractivity contribution in [2.75, 3.05) is 31.1 Å². The maximum Gasteiger partial charge on any atom is 0.286 e. The predicted octanol–water partition coefficient (Wildman–Crippen LogP) is 2.13. The van der Waals surface area contributed by atoms with Gasteiger partial charge >= 0.3 is 0 Å². The van der Waals surface area contributed by atoms with Crippen molar-refractivity contribution in [3.05, 3.63) is 47.1 Å². The molecule has 2 aromatic rings. The number of carbonyl (C=O) groups is 2. The molecular weight excluding hydrogens is 451 g/mol. The molecule has 2 aliphatic heterocycles. The molecule has 12 heteroatoms. The Balaban J connectivity index is 1.41. The number of likely N-dealkylation sites (tertiary alicyclic amines) is 1. The first-order chi connectivity index (χ1) is 15.1. The van der Waals surface area contributed by atoms with Crippen LogP contribution in [0.5, 0.6) is 5.75 Å². The van der Waals surface area contributed by atoms with E-state index in [0.717, 1.165) is 4.90 Å². The van der Waals surface area contributed by atoms with E-state index in [1.807, 2.05) is 0 Å². The highest BCUT2D eigenvalue weighted by Crippen LogP contribution is 2.30. The molecule has 0 bridgehead atoms. The van der Waals surface area contributed by atoms with Crippen LogP contribution in [0.3, 0.4) is 0 Å². The lowest BCUT2D eigenvalue weighted by molar-refractivity contribution is -0.129. The zero-order valence-corrected chi connectivity index (χ0v) is 17.7. The number of carbonyl (C=O) groups excluding carboxylic acids is 2. The second-order valence-electron chi connectivity index (χ2n) is 7.64. The number of aromatic nitrogens is 2. The fourth-order valence-electron chi connectivity index (χ4n) is 3.55. The molecule has 0 saturated carbocycles. The Hall–Kier alpha value is -3.08. The Bertz CT molecular complexity index is 1050. The minimum absolute atomic E-state index is 0.0568. The summed E-state index contributed by atoms with van der Waals surface area (Å²) in [4.78, 5) is 35.0. The van der Waals surface area contributed by atoms with Crippen molar-refractivity contribution >= 4 is 29.2 Å². The average molecular weight is 470 g/mol. The summed E-state index contributed by atoms with van der Waals surface area (Å²) in [5, 5.41) is 2.23. The lowest BCUT2D eigenvalue weighted by atomic mass is 10.1. The lowest BCUT2D eigenvalue weighted by Gasteiger charge is -2.40. The third-order valence-corrected chi connectivity index (χ3v) is 5.59. The maximum absolute atomic E-state index is 14.2. The van der Waals surface area contributed by atoms with Crippen molar-refractivity contribution in [1.29, 1.82) is 0 Å². The normalized spacial score (nSPS) is 20.1. The molecule has 1 atom stereocenters. The number of nitrogens with one attached hydrogen (secondary N) is 1. The number of benzene rings is 1. The molecule has 2 fully saturated rings. The van der Waals surface area contributed by atoms with Gasteiger partial charge in [0.05, 0.1) is 24.7 Å². The van der Waals surface area contributed by atoms with Crippen LogP contribution < -0.4 is 15.0 Å². The molecule has 2 amide bonds. The zero-order valence-electron chi connectivity index (χ0n) is 16.9. The fraction of sp³-hybridized carbons (Fsp3) is 0.400. The molecule has 8 nitrogen and oxygen atoms in total. The van der Waals surface area contributed by atoms with Gasteiger partial charge in [-0.2, -0.15) is 0 Å². The highest BCUT2D eigenvalue weighted by Gasteiger charge is 2.50. The molecule has 1 aromatic carbocycles. The molecule has 2 saturated heterocycles. The van der Waals surface area contributed by atoms with E-state index in [2.05, 4.69) is 15.3 Å². The standard InChI is InChI=1S/C20H19ClF3N5O3/c1-11(30)29-9-16(20(23,24)10-29)27-19(31)17-18(26-5-4-25-17)28-7-13(8-28)32-12-2-3-15(22)14(21)6-12/h2-6,13,16H,7-10H2,1H3,(H,27,31). The minimum Gasteiger partial charge on any atom is -0.487 e. The van der Waals surface area contributed by atoms with Crippen LogP contribution in [0.1, 0.15) is 17.4 Å². The summed E-state index contributed by atoms with van der Waals surface area (Å²) in [6.45, 7) is 0.864. The van der Waals surface area contributed by atoms with Crippen molar-refractivity contribution in [1.82, 2.24) is 20.2 Å². The SMILES string of the molecule is CC(=O)N1CC(NC(=O)c2nccnc2N2CC(Oc3ccc(F)c(Cl)c3)C2)C(F)(F)C1. The van der Waals surface area contributed by atoms with Crippen LogP contribution in [-0.4, -0.2) is 70.9 Å². The van der Waals surface area contributed by atoms with E-state index < -0.39 is 36.1 Å². The van der Waals surface area contributed by atoms with Crippen molar-refractivity contribution in [3.63, 3.8) is 0 Å². The molecule has 32 heavy (non-hydrogen) atoms. The molecule has 170 valence electrons. The first-order valence-corrected chi connectivity index (χ1v) is 10.1. The number of hydrogen-bond acceptors (Lipinski definition) is 6. The van der Waals surface area contributed by atoms with E-state index in [1.165, 1.54) is 37.5 Å². The number of anilines is 1. The lowest BCUT2D eigenvalue weighted by Crippen LogP contribution is -2.55. The van der Waals surface area contributed by atoms with Crippen LogP contribution in [0.15, 0.2) is 30.6 Å². The van der Waals surface area contributed by atoms with Gasteiger partial charge in [-0.05, 0) is 12.1 Å². The number of alkyl halides is 2. The van der Waals surface area contributed by atoms with Crippen LogP contribution in [0.25, 0.3) is 0 Å². The second kappa shape index (κ2) is 8.45. The monoisotopic (exact) mass is 469 g/mol. The second-order valence-corrected chi connectivity index (χ2v) is 8.04. The Morgan fingerprint density at radius 2 is 1.94 bits per heavy atom. The smallest absolute Gasteiger partial charge is 0.286 e. The average Bonchev–Trinajstić information content (AvgIpc) is 3.01. The third-order valence-electron chi connectivity index (χ3n) is 5.30. The van der Waals surface area contributed by atoms with Crippen molar-refractivity contribution in [2.24, 2.45) is 0 Å². The quantitative estimate of drug-likeness (QED) is 0.722. The van der Waals surface area contributed by atoms with Gasteiger partial charge in [0.25, 0.3) is 11.8 Å². The topological polar surface area (TPSA) is 87.7 Å². The largest absolute Gasteiger partial charge is 0.487 e. The molecule has 2 aliphatic rings. The summed E-state index contributed by atoms with van der Waals surface area (Å²) >= 11 is 5.75. The number of halogens is 4. The van der Waals surface area contributed by atoms with Gasteiger partial charge in [0.1, 0.15) is 23.7 Å². The Morgan fingerprint density at radius 1 is 1.22 bits per heavy atom. The van der Waals surface area contributed by atoms with E-state index in [0.29, 0.717) is 18.8 Å². The first-order valence-electron chi connectivity index (χ1n) is 9.76. The van der Waals surface area contributed by atoms with Gasteiger partial charge in [0.2, 0.25) is 5.91 Å². The maximum atomic E-state index is 14.2. The number of nitrogens with zero attached hydrogens (tertiary/aromatic N) is 4. The molecule has 3 heterocycles. The van der Waals surface area contributed by atoms with E-state index in [9.17, 15) is 22.8 Å². The Labute approximate surface area is 186 Å². The van der Waals surface area contributed by atoms with Gasteiger partial charge in [-0.15, -0.1) is 0 Å². The van der Waals surface area contributed by atoms with Gasteiger partial charge in [-0.25, -0.2) is 23.1 Å². The van der Waals surface area contributed by atoms with Crippen LogP contribution in [0.4, 0.5) is 19.0 Å². The molecule has 1 aromatic heterocycles. The highest BCUT2D eigenvalue weighted by molar-refractivity contribution is 6.30. The molecule has 0 radical (unpaired) electrons. The number of ether oxygens (including phenoxy) is 1. The van der Waals surface area contributed by atoms with Gasteiger partial charge < -0.3 is 19.9 Å². The van der Waals surface area contributed by atoms with Crippen molar-refractivity contribution in [2.45, 2.75) is 25.0 Å². The van der Waals surface area contributed by atoms with E-state index in [4.69, 9.17) is 16.3 Å². The Kier molecular flexibility index (Phi) is 5.85. The third kappa shape index (κ3) is 4.43. The summed E-state index contributed by atoms with van der Waals surface area (Å²) in [5.74, 6) is -4.48. The zero-order chi connectivity index (χ0) is 23.0. The van der Waals surface area contributed by atoms with Gasteiger partial charge in [0, 0.05) is 31.9 Å². The molecule has 0 spiro atoms. The van der Waals surface area contributed by atoms with Crippen LogP contribution in [-0.2, 0) is 4.79 Å². The number of rotatable bonds is 5. The summed E-state index contributed by atoms with van der Waals surface area (Å²) in [5.41, 5.74) is -0.104. The first kappa shape index (κ1) is 22.1. The minimum atomic E-state index is -3.25. The van der Waals surface area contributed by atoms with Crippen molar-refractivity contribution < 1.29 is 27.5 Å². The van der Waals surface area contributed by atoms with Gasteiger partial charge in [0.15, 0.2) is 11.5 Å². The summed E-state index contributed by atoms with van der Waals surface area (Å²) < 4.78 is 47.5. The van der Waals surface area contributed by atoms with Crippen molar-refractivity contribution in [3.8, 4) is 5.75 Å². The number of amides is 2. The summed E-state index contributed by atoms with van der Waals surface area (Å²) in [6, 6.07) is 2.50. The molecule has 1 unspecified atom stereocenters. The molecule has 4 rings (SSSR count). The Morgan fingerprint density at radius 3 is 2.59 bits per heavy atom. The highest BCUT2D eigenvalue weighted by atomic mass is 35.5. The fourth-order valence-corrected chi connectivity index (χ4v) is 3.72.